The number of rotatable bonds is 2. The molecule has 32 valence electrons. The molecule has 0 aromatic carbocycles. The van der Waals surface area contributed by atoms with Gasteiger partial charge in [-0.25, -0.2) is 7.45 Å². The Bertz CT molecular complexity index is 17.1. The minimum atomic E-state index is 1.60. The summed E-state index contributed by atoms with van der Waals surface area (Å²) in [7, 11) is 0. The van der Waals surface area contributed by atoms with Crippen LogP contribution in [0.25, 0.3) is 0 Å². The van der Waals surface area contributed by atoms with Gasteiger partial charge in [-0.15, -0.1) is 0 Å². The molecule has 5 heavy (non-hydrogen) atoms. The number of thiol groups is 1. The van der Waals surface area contributed by atoms with E-state index in [1.165, 1.54) is 0 Å². The van der Waals surface area contributed by atoms with Crippen molar-refractivity contribution in [3.8, 4) is 0 Å². The first-order chi connectivity index (χ1) is 2.41. The molecule has 0 aliphatic heterocycles. The monoisotopic (exact) mass is 207 g/mol. The van der Waals surface area contributed by atoms with Gasteiger partial charge in [-0.2, -0.15) is 0 Å². The molecule has 0 saturated heterocycles. The van der Waals surface area contributed by atoms with Gasteiger partial charge in [0.05, 0.1) is 0 Å². The van der Waals surface area contributed by atoms with E-state index in [-0.39, 0.29) is 0 Å². The number of nitrogens with one attached hydrogen (secondary N) is 1. The maximum Gasteiger partial charge on any atom is 0.139 e. The number of hydrogen-bond acceptors (Lipinski definition) is 4. The minimum absolute atomic E-state index is 1.60. The SMILES string of the molecule is SONOI. The lowest BCUT2D eigenvalue weighted by Crippen LogP contribution is -1.99. The fourth-order valence-corrected chi connectivity index (χ4v) is 0.283. The molecule has 0 radical (unpaired) electrons. The van der Waals surface area contributed by atoms with E-state index in [4.69, 9.17) is 0 Å². The van der Waals surface area contributed by atoms with Crippen molar-refractivity contribution in [3.63, 3.8) is 0 Å². The second kappa shape index (κ2) is 4.96. The molecule has 1 N–H and O–H groups in total. The van der Waals surface area contributed by atoms with E-state index in [1.807, 2.05) is 5.64 Å². The van der Waals surface area contributed by atoms with Crippen LogP contribution in [-0.2, 0) is 7.45 Å². The highest BCUT2D eigenvalue weighted by Crippen LogP contribution is 1.77. The molecule has 0 amide bonds. The fourth-order valence-electron chi connectivity index (χ4n) is 0.0141. The van der Waals surface area contributed by atoms with E-state index in [0.717, 1.165) is 0 Å². The third kappa shape index (κ3) is 4.96. The summed E-state index contributed by atoms with van der Waals surface area (Å²) in [4.78, 5) is 0. The zero-order valence-electron chi connectivity index (χ0n) is 2.14. The van der Waals surface area contributed by atoms with Crippen molar-refractivity contribution >= 4 is 35.9 Å². The summed E-state index contributed by atoms with van der Waals surface area (Å²) in [5, 5.41) is 0. The van der Waals surface area contributed by atoms with Crippen molar-refractivity contribution in [1.29, 1.82) is 0 Å². The minimum Gasteiger partial charge on any atom is -0.209 e. The standard InChI is InChI=1S/H2INO2S/c1-3-2-4-5/h2,5H. The summed E-state index contributed by atoms with van der Waals surface area (Å²) in [6, 6.07) is 0. The van der Waals surface area contributed by atoms with E-state index in [2.05, 4.69) is 20.4 Å². The van der Waals surface area contributed by atoms with E-state index >= 15 is 0 Å². The summed E-state index contributed by atoms with van der Waals surface area (Å²) >= 11 is 4.86. The van der Waals surface area contributed by atoms with Crippen LogP contribution in [0.5, 0.6) is 0 Å². The molecule has 0 aromatic rings. The maximum atomic E-state index is 4.11. The Morgan fingerprint density at radius 2 is 2.40 bits per heavy atom. The van der Waals surface area contributed by atoms with E-state index in [0.29, 0.717) is 0 Å². The molecule has 0 heterocycles. The summed E-state index contributed by atoms with van der Waals surface area (Å²) in [5.41, 5.74) is 1.96. The second-order valence-corrected chi connectivity index (χ2v) is 0.875. The first-order valence-electron chi connectivity index (χ1n) is 0.745. The molecular formula is H2INO2S. The van der Waals surface area contributed by atoms with Crippen LogP contribution in [0.2, 0.25) is 0 Å². The Morgan fingerprint density at radius 3 is 2.40 bits per heavy atom. The van der Waals surface area contributed by atoms with Crippen molar-refractivity contribution in [3.05, 3.63) is 0 Å². The predicted molar refractivity (Wildman–Crippen MR) is 28.3 cm³/mol. The van der Waals surface area contributed by atoms with Gasteiger partial charge in [0, 0.05) is 12.9 Å². The van der Waals surface area contributed by atoms with Gasteiger partial charge in [-0.3, -0.25) is 0 Å². The van der Waals surface area contributed by atoms with Crippen molar-refractivity contribution < 1.29 is 7.45 Å². The molecule has 0 unspecified atom stereocenters. The van der Waals surface area contributed by atoms with Crippen LogP contribution in [0.1, 0.15) is 0 Å². The van der Waals surface area contributed by atoms with Gasteiger partial charge >= 0.3 is 0 Å². The molecular weight excluding hydrogens is 205 g/mol. The van der Waals surface area contributed by atoms with Crippen LogP contribution in [0.4, 0.5) is 0 Å². The van der Waals surface area contributed by atoms with Gasteiger partial charge in [0.25, 0.3) is 0 Å². The average molecular weight is 207 g/mol. The molecule has 0 rings (SSSR count). The molecule has 0 saturated carbocycles. The molecule has 3 nitrogen and oxygen atoms in total. The number of hydrogen-bond donors (Lipinski definition) is 2. The van der Waals surface area contributed by atoms with Gasteiger partial charge in [0.2, 0.25) is 0 Å². The molecule has 0 fully saturated rings. The highest BCUT2D eigenvalue weighted by molar-refractivity contribution is 14.1. The fraction of sp³-hybridized carbons (Fsp3) is 0. The van der Waals surface area contributed by atoms with Crippen LogP contribution >= 0.6 is 35.9 Å². The summed E-state index contributed by atoms with van der Waals surface area (Å²) < 4.78 is 8.02. The van der Waals surface area contributed by atoms with Gasteiger partial charge in [-0.1, -0.05) is 5.64 Å². The largest absolute Gasteiger partial charge is 0.209 e. The van der Waals surface area contributed by atoms with Gasteiger partial charge in [0.15, 0.2) is 0 Å². The van der Waals surface area contributed by atoms with Crippen molar-refractivity contribution in [2.45, 2.75) is 0 Å². The van der Waals surface area contributed by atoms with E-state index in [9.17, 15) is 0 Å². The molecule has 0 atom stereocenters. The van der Waals surface area contributed by atoms with Crippen LogP contribution < -0.4 is 5.64 Å². The molecule has 0 aliphatic rings. The quantitative estimate of drug-likeness (QED) is 0.301. The second-order valence-electron chi connectivity index (χ2n) is 0.252. The molecule has 0 aromatic heterocycles. The predicted octanol–water partition coefficient (Wildman–Crippen LogP) is 0.634. The van der Waals surface area contributed by atoms with E-state index < -0.39 is 0 Å². The Morgan fingerprint density at radius 1 is 1.80 bits per heavy atom. The first kappa shape index (κ1) is 5.96. The molecule has 5 heteroatoms. The summed E-state index contributed by atoms with van der Waals surface area (Å²) in [6.45, 7) is 0. The first-order valence-corrected chi connectivity index (χ1v) is 1.99. The van der Waals surface area contributed by atoms with E-state index in [1.54, 1.807) is 23.0 Å². The van der Waals surface area contributed by atoms with Gasteiger partial charge in [0.1, 0.15) is 23.0 Å². The Balaban J connectivity index is 2.19. The zero-order chi connectivity index (χ0) is 4.12. The maximum absolute atomic E-state index is 4.11. The van der Waals surface area contributed by atoms with Crippen LogP contribution in [0.3, 0.4) is 0 Å². The smallest absolute Gasteiger partial charge is 0.139 e. The topological polar surface area (TPSA) is 30.5 Å². The lowest BCUT2D eigenvalue weighted by molar-refractivity contribution is 0.0437. The molecule has 0 bridgehead atoms. The van der Waals surface area contributed by atoms with Crippen molar-refractivity contribution in [1.82, 2.24) is 5.64 Å². The third-order valence-electron chi connectivity index (χ3n) is 0.0688. The van der Waals surface area contributed by atoms with Crippen LogP contribution in [0.15, 0.2) is 0 Å². The van der Waals surface area contributed by atoms with Crippen LogP contribution in [-0.4, -0.2) is 0 Å². The van der Waals surface area contributed by atoms with Crippen molar-refractivity contribution in [2.24, 2.45) is 0 Å². The Kier molecular flexibility index (Phi) is 5.91. The highest BCUT2D eigenvalue weighted by Gasteiger charge is 1.63. The van der Waals surface area contributed by atoms with Crippen molar-refractivity contribution in [2.75, 3.05) is 0 Å². The lowest BCUT2D eigenvalue weighted by atomic mass is 13.3. The normalized spacial score (nSPS) is 8.40. The lowest BCUT2D eigenvalue weighted by Gasteiger charge is -1.85. The Hall–Kier alpha value is 0.960. The van der Waals surface area contributed by atoms with Crippen LogP contribution in [0, 0.1) is 0 Å². The summed E-state index contributed by atoms with van der Waals surface area (Å²) in [6.07, 6.45) is 0. The van der Waals surface area contributed by atoms with Gasteiger partial charge < -0.3 is 0 Å². The zero-order valence-corrected chi connectivity index (χ0v) is 5.19. The Labute approximate surface area is 49.2 Å². The number of halogens is 1. The average Bonchev–Trinajstić information content (AvgIpc) is 1.41. The highest BCUT2D eigenvalue weighted by atomic mass is 127. The molecule has 0 spiro atoms. The van der Waals surface area contributed by atoms with Gasteiger partial charge in [-0.05, 0) is 0 Å². The molecule has 0 aliphatic carbocycles. The summed E-state index contributed by atoms with van der Waals surface area (Å²) in [5.74, 6) is 0. The third-order valence-corrected chi connectivity index (χ3v) is 0.323.